The molecule has 144 valence electrons. The summed E-state index contributed by atoms with van der Waals surface area (Å²) >= 11 is 0. The van der Waals surface area contributed by atoms with Crippen molar-refractivity contribution in [3.8, 4) is 5.75 Å². The number of ether oxygens (including phenoxy) is 1. The molecule has 3 aromatic rings. The van der Waals surface area contributed by atoms with Gasteiger partial charge in [0, 0.05) is 17.5 Å². The van der Waals surface area contributed by atoms with Crippen LogP contribution in [0.5, 0.6) is 5.75 Å². The Morgan fingerprint density at radius 3 is 2.07 bits per heavy atom. The van der Waals surface area contributed by atoms with E-state index in [9.17, 15) is 13.2 Å². The predicted octanol–water partition coefficient (Wildman–Crippen LogP) is 4.16. The first-order chi connectivity index (χ1) is 13.3. The van der Waals surface area contributed by atoms with Crippen LogP contribution in [0, 0.1) is 6.92 Å². The van der Waals surface area contributed by atoms with Crippen LogP contribution in [0.2, 0.25) is 0 Å². The first-order valence-corrected chi connectivity index (χ1v) is 10.6. The van der Waals surface area contributed by atoms with E-state index in [1.807, 2.05) is 61.5 Å². The molecule has 0 fully saturated rings. The lowest BCUT2D eigenvalue weighted by molar-refractivity contribution is -0.123. The number of benzene rings is 3. The summed E-state index contributed by atoms with van der Waals surface area (Å²) < 4.78 is 29.2. The SMILES string of the molecule is Cc1ccc(NC(=O)C(Oc2ccc(S(C)(=O)=O)cc2)c2ccccc2)cc1. The monoisotopic (exact) mass is 395 g/mol. The minimum atomic E-state index is -3.30. The fourth-order valence-electron chi connectivity index (χ4n) is 2.65. The molecule has 0 bridgehead atoms. The Balaban J connectivity index is 1.85. The largest absolute Gasteiger partial charge is 0.476 e. The van der Waals surface area contributed by atoms with Gasteiger partial charge in [0.05, 0.1) is 4.90 Å². The Morgan fingerprint density at radius 1 is 0.893 bits per heavy atom. The molecule has 0 aliphatic carbocycles. The fourth-order valence-corrected chi connectivity index (χ4v) is 3.28. The number of carbonyl (C=O) groups is 1. The number of anilines is 1. The van der Waals surface area contributed by atoms with Crippen LogP contribution in [0.3, 0.4) is 0 Å². The van der Waals surface area contributed by atoms with E-state index in [1.165, 1.54) is 12.1 Å². The van der Waals surface area contributed by atoms with Crippen LogP contribution in [-0.2, 0) is 14.6 Å². The molecule has 28 heavy (non-hydrogen) atoms. The predicted molar refractivity (Wildman–Crippen MR) is 109 cm³/mol. The van der Waals surface area contributed by atoms with Gasteiger partial charge < -0.3 is 10.1 Å². The van der Waals surface area contributed by atoms with Gasteiger partial charge in [-0.3, -0.25) is 4.79 Å². The zero-order chi connectivity index (χ0) is 20.1. The molecule has 1 N–H and O–H groups in total. The third kappa shape index (κ3) is 4.98. The van der Waals surface area contributed by atoms with Gasteiger partial charge in [-0.15, -0.1) is 0 Å². The topological polar surface area (TPSA) is 72.5 Å². The zero-order valence-electron chi connectivity index (χ0n) is 15.6. The molecular formula is C22H21NO4S. The van der Waals surface area contributed by atoms with Crippen molar-refractivity contribution in [3.05, 3.63) is 90.0 Å². The molecule has 3 rings (SSSR count). The van der Waals surface area contributed by atoms with Crippen molar-refractivity contribution in [3.63, 3.8) is 0 Å². The molecule has 1 unspecified atom stereocenters. The number of hydrogen-bond donors (Lipinski definition) is 1. The van der Waals surface area contributed by atoms with Crippen LogP contribution in [0.1, 0.15) is 17.2 Å². The Hall–Kier alpha value is -3.12. The van der Waals surface area contributed by atoms with Gasteiger partial charge in [0.15, 0.2) is 9.84 Å². The molecule has 0 aliphatic rings. The van der Waals surface area contributed by atoms with Gasteiger partial charge in [-0.2, -0.15) is 0 Å². The highest BCUT2D eigenvalue weighted by molar-refractivity contribution is 7.90. The minimum Gasteiger partial charge on any atom is -0.476 e. The van der Waals surface area contributed by atoms with E-state index < -0.39 is 15.9 Å². The summed E-state index contributed by atoms with van der Waals surface area (Å²) in [7, 11) is -3.30. The van der Waals surface area contributed by atoms with Crippen molar-refractivity contribution in [1.29, 1.82) is 0 Å². The maximum absolute atomic E-state index is 12.9. The second-order valence-electron chi connectivity index (χ2n) is 6.51. The summed E-state index contributed by atoms with van der Waals surface area (Å²) in [6, 6.07) is 22.7. The molecule has 0 radical (unpaired) electrons. The second kappa shape index (κ2) is 8.27. The molecule has 1 amide bonds. The Bertz CT molecular complexity index is 1040. The van der Waals surface area contributed by atoms with Crippen LogP contribution in [0.25, 0.3) is 0 Å². The molecule has 6 heteroatoms. The third-order valence-corrected chi connectivity index (χ3v) is 5.29. The van der Waals surface area contributed by atoms with Crippen molar-refractivity contribution in [2.75, 3.05) is 11.6 Å². The summed E-state index contributed by atoms with van der Waals surface area (Å²) in [5.41, 5.74) is 2.46. The highest BCUT2D eigenvalue weighted by Gasteiger charge is 2.23. The van der Waals surface area contributed by atoms with Crippen molar-refractivity contribution in [2.24, 2.45) is 0 Å². The molecule has 3 aromatic carbocycles. The molecule has 1 atom stereocenters. The van der Waals surface area contributed by atoms with E-state index in [-0.39, 0.29) is 10.8 Å². The van der Waals surface area contributed by atoms with E-state index in [0.29, 0.717) is 17.0 Å². The number of nitrogens with one attached hydrogen (secondary N) is 1. The number of sulfone groups is 1. The van der Waals surface area contributed by atoms with Gasteiger partial charge in [0.2, 0.25) is 6.10 Å². The van der Waals surface area contributed by atoms with Crippen molar-refractivity contribution < 1.29 is 17.9 Å². The molecule has 5 nitrogen and oxygen atoms in total. The highest BCUT2D eigenvalue weighted by atomic mass is 32.2. The van der Waals surface area contributed by atoms with Crippen LogP contribution in [0.4, 0.5) is 5.69 Å². The number of rotatable bonds is 6. The summed E-state index contributed by atoms with van der Waals surface area (Å²) in [5, 5.41) is 2.86. The fraction of sp³-hybridized carbons (Fsp3) is 0.136. The summed E-state index contributed by atoms with van der Waals surface area (Å²) in [4.78, 5) is 13.1. The van der Waals surface area contributed by atoms with E-state index in [1.54, 1.807) is 12.1 Å². The Morgan fingerprint density at radius 2 is 1.50 bits per heavy atom. The molecule has 0 saturated heterocycles. The van der Waals surface area contributed by atoms with Gasteiger partial charge in [-0.05, 0) is 43.3 Å². The summed E-state index contributed by atoms with van der Waals surface area (Å²) in [6.07, 6.45) is 0.261. The third-order valence-electron chi connectivity index (χ3n) is 4.17. The Kier molecular flexibility index (Phi) is 5.80. The maximum atomic E-state index is 12.9. The lowest BCUT2D eigenvalue weighted by Crippen LogP contribution is -2.25. The molecule has 0 aliphatic heterocycles. The number of hydrogen-bond acceptors (Lipinski definition) is 4. The number of amides is 1. The highest BCUT2D eigenvalue weighted by Crippen LogP contribution is 2.25. The van der Waals surface area contributed by atoms with Gasteiger partial charge in [0.25, 0.3) is 5.91 Å². The van der Waals surface area contributed by atoms with E-state index in [2.05, 4.69) is 5.32 Å². The molecule has 0 aromatic heterocycles. The van der Waals surface area contributed by atoms with E-state index in [4.69, 9.17) is 4.74 Å². The lowest BCUT2D eigenvalue weighted by Gasteiger charge is -2.19. The number of aryl methyl sites for hydroxylation is 1. The molecule has 0 spiro atoms. The average Bonchev–Trinajstić information content (AvgIpc) is 2.68. The lowest BCUT2D eigenvalue weighted by atomic mass is 10.1. The minimum absolute atomic E-state index is 0.195. The molecular weight excluding hydrogens is 374 g/mol. The summed E-state index contributed by atoms with van der Waals surface area (Å²) in [5.74, 6) is 0.0857. The van der Waals surface area contributed by atoms with Gasteiger partial charge in [0.1, 0.15) is 5.75 Å². The quantitative estimate of drug-likeness (QED) is 0.680. The van der Waals surface area contributed by atoms with Gasteiger partial charge in [-0.25, -0.2) is 8.42 Å². The number of carbonyl (C=O) groups excluding carboxylic acids is 1. The smallest absolute Gasteiger partial charge is 0.270 e. The average molecular weight is 395 g/mol. The first-order valence-electron chi connectivity index (χ1n) is 8.72. The van der Waals surface area contributed by atoms with Crippen molar-refractivity contribution in [1.82, 2.24) is 0 Å². The molecule has 0 heterocycles. The first kappa shape index (κ1) is 19.6. The van der Waals surface area contributed by atoms with Crippen LogP contribution >= 0.6 is 0 Å². The van der Waals surface area contributed by atoms with Crippen molar-refractivity contribution in [2.45, 2.75) is 17.9 Å². The van der Waals surface area contributed by atoms with Gasteiger partial charge >= 0.3 is 0 Å². The van der Waals surface area contributed by atoms with E-state index in [0.717, 1.165) is 11.8 Å². The zero-order valence-corrected chi connectivity index (χ0v) is 16.4. The van der Waals surface area contributed by atoms with Crippen molar-refractivity contribution >= 4 is 21.4 Å². The summed E-state index contributed by atoms with van der Waals surface area (Å²) in [6.45, 7) is 1.97. The second-order valence-corrected chi connectivity index (χ2v) is 8.52. The van der Waals surface area contributed by atoms with Gasteiger partial charge in [-0.1, -0.05) is 48.0 Å². The normalized spacial score (nSPS) is 12.2. The molecule has 0 saturated carbocycles. The van der Waals surface area contributed by atoms with Crippen LogP contribution < -0.4 is 10.1 Å². The van der Waals surface area contributed by atoms with Crippen LogP contribution in [0.15, 0.2) is 83.8 Å². The standard InChI is InChI=1S/C22H21NO4S/c1-16-8-10-18(11-9-16)23-22(24)21(17-6-4-3-5-7-17)27-19-12-14-20(15-13-19)28(2,25)26/h3-15,21H,1-2H3,(H,23,24). The maximum Gasteiger partial charge on any atom is 0.270 e. The Labute approximate surface area is 164 Å². The van der Waals surface area contributed by atoms with Crippen LogP contribution in [-0.4, -0.2) is 20.6 Å². The van der Waals surface area contributed by atoms with E-state index >= 15 is 0 Å².